The first-order valence-corrected chi connectivity index (χ1v) is 6.71. The maximum absolute atomic E-state index is 11.9. The summed E-state index contributed by atoms with van der Waals surface area (Å²) in [6.07, 6.45) is 1.24. The van der Waals surface area contributed by atoms with E-state index in [1.807, 2.05) is 0 Å². The van der Waals surface area contributed by atoms with Crippen LogP contribution in [0.3, 0.4) is 0 Å². The third-order valence-corrected chi connectivity index (χ3v) is 3.13. The molecular weight excluding hydrogens is 316 g/mol. The average Bonchev–Trinajstić information content (AvgIpc) is 2.55. The number of amides is 1. The molecule has 0 aliphatic carbocycles. The second-order valence-electron chi connectivity index (χ2n) is 4.81. The smallest absolute Gasteiger partial charge is 0.267 e. The van der Waals surface area contributed by atoms with Crippen molar-refractivity contribution in [3.8, 4) is 0 Å². The highest BCUT2D eigenvalue weighted by Gasteiger charge is 2.14. The van der Waals surface area contributed by atoms with E-state index in [1.54, 1.807) is 13.0 Å². The Morgan fingerprint density at radius 3 is 2.54 bits per heavy atom. The summed E-state index contributed by atoms with van der Waals surface area (Å²) in [7, 11) is 0. The van der Waals surface area contributed by atoms with Crippen LogP contribution in [0.2, 0.25) is 0 Å². The number of aryl methyl sites for hydroxylation is 1. The monoisotopic (exact) mass is 328 g/mol. The number of non-ortho nitro benzene ring substituents is 1. The van der Waals surface area contributed by atoms with Crippen molar-refractivity contribution in [2.45, 2.75) is 6.92 Å². The van der Waals surface area contributed by atoms with Crippen LogP contribution in [0.4, 0.5) is 11.4 Å². The normalized spacial score (nSPS) is 10.5. The molecule has 0 heterocycles. The fourth-order valence-corrected chi connectivity index (χ4v) is 1.90. The number of carbonyl (C=O) groups excluding carboxylic acids is 1. The lowest BCUT2D eigenvalue weighted by Gasteiger charge is -2.02. The predicted octanol–water partition coefficient (Wildman–Crippen LogP) is 2.58. The lowest BCUT2D eigenvalue weighted by atomic mass is 10.1. The highest BCUT2D eigenvalue weighted by atomic mass is 16.6. The summed E-state index contributed by atoms with van der Waals surface area (Å²) < 4.78 is 0. The van der Waals surface area contributed by atoms with Crippen molar-refractivity contribution in [2.75, 3.05) is 0 Å². The molecule has 0 saturated heterocycles. The Morgan fingerprint density at radius 2 is 1.88 bits per heavy atom. The summed E-state index contributed by atoms with van der Waals surface area (Å²) in [6.45, 7) is 1.57. The summed E-state index contributed by atoms with van der Waals surface area (Å²) in [6, 6.07) is 9.78. The van der Waals surface area contributed by atoms with Crippen molar-refractivity contribution in [3.63, 3.8) is 0 Å². The molecule has 9 nitrogen and oxygen atoms in total. The fourth-order valence-electron chi connectivity index (χ4n) is 1.90. The van der Waals surface area contributed by atoms with Crippen LogP contribution in [0.5, 0.6) is 0 Å². The van der Waals surface area contributed by atoms with E-state index in [0.29, 0.717) is 11.1 Å². The van der Waals surface area contributed by atoms with Gasteiger partial charge >= 0.3 is 0 Å². The first-order chi connectivity index (χ1) is 11.4. The maximum Gasteiger partial charge on any atom is 0.273 e. The van der Waals surface area contributed by atoms with Crippen molar-refractivity contribution >= 4 is 23.5 Å². The van der Waals surface area contributed by atoms with Crippen LogP contribution in [-0.2, 0) is 0 Å². The van der Waals surface area contributed by atoms with E-state index in [4.69, 9.17) is 0 Å². The topological polar surface area (TPSA) is 128 Å². The molecule has 122 valence electrons. The zero-order valence-electron chi connectivity index (χ0n) is 12.5. The predicted molar refractivity (Wildman–Crippen MR) is 86.0 cm³/mol. The van der Waals surface area contributed by atoms with Gasteiger partial charge in [-0.05, 0) is 13.0 Å². The number of hydrogen-bond acceptors (Lipinski definition) is 6. The van der Waals surface area contributed by atoms with Gasteiger partial charge in [0.2, 0.25) is 0 Å². The van der Waals surface area contributed by atoms with Crippen LogP contribution in [0.1, 0.15) is 21.5 Å². The van der Waals surface area contributed by atoms with E-state index in [9.17, 15) is 25.0 Å². The molecule has 0 aromatic heterocycles. The highest BCUT2D eigenvalue weighted by Crippen LogP contribution is 2.19. The van der Waals surface area contributed by atoms with Crippen molar-refractivity contribution in [1.29, 1.82) is 0 Å². The van der Waals surface area contributed by atoms with Gasteiger partial charge in [0.1, 0.15) is 0 Å². The van der Waals surface area contributed by atoms with Gasteiger partial charge in [0.15, 0.2) is 0 Å². The average molecular weight is 328 g/mol. The first kappa shape index (κ1) is 16.7. The number of nitrogens with one attached hydrogen (secondary N) is 1. The zero-order chi connectivity index (χ0) is 17.7. The fraction of sp³-hybridized carbons (Fsp3) is 0.0667. The van der Waals surface area contributed by atoms with E-state index in [0.717, 1.165) is 6.07 Å². The molecule has 0 fully saturated rings. The van der Waals surface area contributed by atoms with Gasteiger partial charge in [-0.2, -0.15) is 5.10 Å². The molecule has 1 N–H and O–H groups in total. The second-order valence-corrected chi connectivity index (χ2v) is 4.81. The molecule has 9 heteroatoms. The van der Waals surface area contributed by atoms with Gasteiger partial charge in [0.25, 0.3) is 17.3 Å². The minimum atomic E-state index is -0.625. The second kappa shape index (κ2) is 7.09. The lowest BCUT2D eigenvalue weighted by molar-refractivity contribution is -0.385. The molecule has 0 spiro atoms. The van der Waals surface area contributed by atoms with E-state index in [-0.39, 0.29) is 16.9 Å². The summed E-state index contributed by atoms with van der Waals surface area (Å²) >= 11 is 0. The molecule has 0 unspecified atom stereocenters. The van der Waals surface area contributed by atoms with Crippen LogP contribution >= 0.6 is 0 Å². The molecular formula is C15H12N4O5. The van der Waals surface area contributed by atoms with Gasteiger partial charge in [-0.25, -0.2) is 5.43 Å². The van der Waals surface area contributed by atoms with Crippen LogP contribution in [-0.4, -0.2) is 22.0 Å². The van der Waals surface area contributed by atoms with E-state index in [1.165, 1.54) is 36.5 Å². The van der Waals surface area contributed by atoms with Crippen molar-refractivity contribution < 1.29 is 14.6 Å². The molecule has 2 aromatic rings. The Morgan fingerprint density at radius 1 is 1.12 bits per heavy atom. The van der Waals surface area contributed by atoms with Gasteiger partial charge in [-0.1, -0.05) is 18.2 Å². The van der Waals surface area contributed by atoms with Crippen LogP contribution in [0.15, 0.2) is 47.6 Å². The largest absolute Gasteiger partial charge is 0.273 e. The molecule has 1 amide bonds. The van der Waals surface area contributed by atoms with Crippen molar-refractivity contribution in [2.24, 2.45) is 5.10 Å². The Labute approximate surface area is 135 Å². The minimum absolute atomic E-state index is 0.0866. The lowest BCUT2D eigenvalue weighted by Crippen LogP contribution is -2.17. The molecule has 0 bridgehead atoms. The third-order valence-electron chi connectivity index (χ3n) is 3.13. The summed E-state index contributed by atoms with van der Waals surface area (Å²) in [5.74, 6) is -0.625. The molecule has 0 saturated carbocycles. The number of hydrogen-bond donors (Lipinski definition) is 1. The molecule has 0 aliphatic heterocycles. The number of nitro benzene ring substituents is 2. The van der Waals surface area contributed by atoms with Gasteiger partial charge < -0.3 is 0 Å². The zero-order valence-corrected chi connectivity index (χ0v) is 12.5. The van der Waals surface area contributed by atoms with Gasteiger partial charge in [-0.15, -0.1) is 0 Å². The van der Waals surface area contributed by atoms with Gasteiger partial charge in [-0.3, -0.25) is 25.0 Å². The molecule has 2 rings (SSSR count). The standard InChI is InChI=1S/C15H12N4O5/c1-10-5-6-12(8-14(10)19(23)24)15(20)17-16-9-11-3-2-4-13(7-11)18(21)22/h2-9H,1H3,(H,17,20)/b16-9+. The van der Waals surface area contributed by atoms with Crippen molar-refractivity contribution in [1.82, 2.24) is 5.43 Å². The van der Waals surface area contributed by atoms with E-state index >= 15 is 0 Å². The number of benzene rings is 2. The third kappa shape index (κ3) is 3.97. The van der Waals surface area contributed by atoms with Crippen LogP contribution in [0, 0.1) is 27.2 Å². The van der Waals surface area contributed by atoms with Crippen LogP contribution < -0.4 is 5.43 Å². The minimum Gasteiger partial charge on any atom is -0.267 e. The Bertz CT molecular complexity index is 848. The number of nitro groups is 2. The SMILES string of the molecule is Cc1ccc(C(=O)N/N=C/c2cccc([N+](=O)[O-])c2)cc1[N+](=O)[O-]. The molecule has 0 atom stereocenters. The molecule has 0 aliphatic rings. The van der Waals surface area contributed by atoms with E-state index < -0.39 is 15.8 Å². The number of hydrazone groups is 1. The quantitative estimate of drug-likeness (QED) is 0.512. The maximum atomic E-state index is 11.9. The Hall–Kier alpha value is -3.62. The number of carbonyl (C=O) groups is 1. The Kier molecular flexibility index (Phi) is 4.95. The summed E-state index contributed by atoms with van der Waals surface area (Å²) in [4.78, 5) is 32.4. The Balaban J connectivity index is 2.10. The highest BCUT2D eigenvalue weighted by molar-refractivity contribution is 5.95. The van der Waals surface area contributed by atoms with Gasteiger partial charge in [0, 0.05) is 34.9 Å². The van der Waals surface area contributed by atoms with Gasteiger partial charge in [0.05, 0.1) is 16.1 Å². The first-order valence-electron chi connectivity index (χ1n) is 6.71. The summed E-state index contributed by atoms with van der Waals surface area (Å²) in [5, 5.41) is 25.2. The number of nitrogens with zero attached hydrogens (tertiary/aromatic N) is 3. The molecule has 24 heavy (non-hydrogen) atoms. The number of rotatable bonds is 5. The molecule has 0 radical (unpaired) electrons. The van der Waals surface area contributed by atoms with Crippen LogP contribution in [0.25, 0.3) is 0 Å². The van der Waals surface area contributed by atoms with E-state index in [2.05, 4.69) is 10.5 Å². The van der Waals surface area contributed by atoms with Crippen molar-refractivity contribution in [3.05, 3.63) is 79.4 Å². The molecule has 2 aromatic carbocycles. The summed E-state index contributed by atoms with van der Waals surface area (Å²) in [5.41, 5.74) is 2.92.